The number of anilines is 1. The number of halogens is 1. The van der Waals surface area contributed by atoms with Crippen LogP contribution in [0.5, 0.6) is 0 Å². The fourth-order valence-electron chi connectivity index (χ4n) is 1.54. The molecule has 1 N–H and O–H groups in total. The predicted octanol–water partition coefficient (Wildman–Crippen LogP) is 1.53. The summed E-state index contributed by atoms with van der Waals surface area (Å²) in [6.45, 7) is 0.723. The van der Waals surface area contributed by atoms with Crippen molar-refractivity contribution in [1.82, 2.24) is 25.3 Å². The van der Waals surface area contributed by atoms with E-state index in [0.717, 1.165) is 29.2 Å². The summed E-state index contributed by atoms with van der Waals surface area (Å²) >= 11 is 3.27. The summed E-state index contributed by atoms with van der Waals surface area (Å²) in [5, 5.41) is 18.4. The monoisotopic (exact) mass is 308 g/mol. The lowest BCUT2D eigenvalue weighted by Crippen LogP contribution is -2.08. The van der Waals surface area contributed by atoms with Crippen molar-refractivity contribution < 1.29 is 4.42 Å². The lowest BCUT2D eigenvalue weighted by atomic mass is 10.3. The van der Waals surface area contributed by atoms with E-state index in [1.165, 1.54) is 4.63 Å². The molecule has 0 aromatic carbocycles. The first-order valence-corrected chi connectivity index (χ1v) is 6.14. The minimum Gasteiger partial charge on any atom is -0.454 e. The highest BCUT2D eigenvalue weighted by atomic mass is 79.9. The van der Waals surface area contributed by atoms with E-state index in [1.54, 1.807) is 6.07 Å². The van der Waals surface area contributed by atoms with E-state index >= 15 is 0 Å². The summed E-state index contributed by atoms with van der Waals surface area (Å²) in [4.78, 5) is 0. The summed E-state index contributed by atoms with van der Waals surface area (Å²) in [5.41, 5.74) is 0.621. The van der Waals surface area contributed by atoms with Crippen molar-refractivity contribution in [3.63, 3.8) is 0 Å². The molecule has 3 heterocycles. The first-order valence-electron chi connectivity index (χ1n) is 5.35. The van der Waals surface area contributed by atoms with Crippen molar-refractivity contribution in [2.45, 2.75) is 6.42 Å². The molecule has 0 aliphatic heterocycles. The summed E-state index contributed by atoms with van der Waals surface area (Å²) < 4.78 is 7.52. The van der Waals surface area contributed by atoms with Crippen LogP contribution in [0.2, 0.25) is 0 Å². The molecule has 92 valence electrons. The van der Waals surface area contributed by atoms with Crippen molar-refractivity contribution in [1.29, 1.82) is 0 Å². The van der Waals surface area contributed by atoms with Crippen LogP contribution < -0.4 is 5.32 Å². The van der Waals surface area contributed by atoms with Gasteiger partial charge in [0.1, 0.15) is 11.6 Å². The zero-order valence-electron chi connectivity index (χ0n) is 9.25. The molecule has 18 heavy (non-hydrogen) atoms. The molecule has 0 saturated heterocycles. The Morgan fingerprint density at radius 1 is 1.28 bits per heavy atom. The predicted molar refractivity (Wildman–Crippen MR) is 67.2 cm³/mol. The van der Waals surface area contributed by atoms with E-state index in [-0.39, 0.29) is 0 Å². The number of nitrogens with one attached hydrogen (secondary N) is 1. The first kappa shape index (κ1) is 11.1. The van der Waals surface area contributed by atoms with Crippen LogP contribution in [0.3, 0.4) is 0 Å². The standard InChI is InChI=1S/C10H9BrN6O/c11-8-2-1-7(18-8)5-6-12-9-3-4-10-13-15-16-17(10)14-9/h1-4H,5-6H2,(H,12,14). The second-order valence-electron chi connectivity index (χ2n) is 3.63. The first-order chi connectivity index (χ1) is 8.81. The fourth-order valence-corrected chi connectivity index (χ4v) is 1.88. The van der Waals surface area contributed by atoms with E-state index < -0.39 is 0 Å². The number of aromatic nitrogens is 5. The van der Waals surface area contributed by atoms with Crippen LogP contribution in [-0.4, -0.2) is 31.8 Å². The van der Waals surface area contributed by atoms with Crippen LogP contribution in [0.4, 0.5) is 5.82 Å². The van der Waals surface area contributed by atoms with Crippen molar-refractivity contribution in [3.8, 4) is 0 Å². The Bertz CT molecular complexity index is 663. The number of fused-ring (bicyclic) bond motifs is 1. The highest BCUT2D eigenvalue weighted by Crippen LogP contribution is 2.14. The maximum Gasteiger partial charge on any atom is 0.200 e. The smallest absolute Gasteiger partial charge is 0.200 e. The van der Waals surface area contributed by atoms with Crippen molar-refractivity contribution >= 4 is 27.4 Å². The van der Waals surface area contributed by atoms with Crippen LogP contribution in [0.1, 0.15) is 5.76 Å². The van der Waals surface area contributed by atoms with Gasteiger partial charge in [-0.1, -0.05) is 0 Å². The zero-order valence-corrected chi connectivity index (χ0v) is 10.8. The summed E-state index contributed by atoms with van der Waals surface area (Å²) in [5.74, 6) is 1.64. The topological polar surface area (TPSA) is 81.1 Å². The van der Waals surface area contributed by atoms with Gasteiger partial charge >= 0.3 is 0 Å². The SMILES string of the molecule is Brc1ccc(CCNc2ccc3nnnn3n2)o1. The Hall–Kier alpha value is -1.96. The molecule has 0 saturated carbocycles. The maximum absolute atomic E-state index is 5.40. The van der Waals surface area contributed by atoms with Crippen LogP contribution in [0, 0.1) is 0 Å². The number of nitrogens with zero attached hydrogens (tertiary/aromatic N) is 5. The van der Waals surface area contributed by atoms with E-state index in [0.29, 0.717) is 5.65 Å². The molecular weight excluding hydrogens is 300 g/mol. The molecule has 0 fully saturated rings. The van der Waals surface area contributed by atoms with Crippen LogP contribution in [0.15, 0.2) is 33.4 Å². The lowest BCUT2D eigenvalue weighted by molar-refractivity contribution is 0.491. The van der Waals surface area contributed by atoms with E-state index in [2.05, 4.69) is 41.9 Å². The lowest BCUT2D eigenvalue weighted by Gasteiger charge is -2.03. The largest absolute Gasteiger partial charge is 0.454 e. The molecule has 3 rings (SSSR count). The van der Waals surface area contributed by atoms with Crippen LogP contribution in [-0.2, 0) is 6.42 Å². The highest BCUT2D eigenvalue weighted by molar-refractivity contribution is 9.10. The molecule has 8 heteroatoms. The molecule has 0 aliphatic carbocycles. The summed E-state index contributed by atoms with van der Waals surface area (Å²) in [7, 11) is 0. The molecule has 0 bridgehead atoms. The molecule has 0 atom stereocenters. The van der Waals surface area contributed by atoms with Gasteiger partial charge in [0.05, 0.1) is 0 Å². The van der Waals surface area contributed by atoms with Gasteiger partial charge in [0.25, 0.3) is 0 Å². The zero-order chi connectivity index (χ0) is 12.4. The molecule has 0 spiro atoms. The van der Waals surface area contributed by atoms with Gasteiger partial charge < -0.3 is 9.73 Å². The van der Waals surface area contributed by atoms with Gasteiger partial charge in [-0.3, -0.25) is 0 Å². The normalized spacial score (nSPS) is 10.9. The van der Waals surface area contributed by atoms with Crippen LogP contribution >= 0.6 is 15.9 Å². The molecule has 3 aromatic rings. The van der Waals surface area contributed by atoms with E-state index in [4.69, 9.17) is 4.42 Å². The average molecular weight is 309 g/mol. The van der Waals surface area contributed by atoms with Gasteiger partial charge in [-0.15, -0.1) is 14.8 Å². The number of hydrogen-bond donors (Lipinski definition) is 1. The Balaban J connectivity index is 1.62. The molecular formula is C10H9BrN6O. The van der Waals surface area contributed by atoms with Crippen molar-refractivity contribution in [3.05, 3.63) is 34.7 Å². The third-order valence-corrected chi connectivity index (χ3v) is 2.80. The maximum atomic E-state index is 5.40. The van der Waals surface area contributed by atoms with Gasteiger partial charge in [-0.2, -0.15) is 0 Å². The van der Waals surface area contributed by atoms with E-state index in [1.807, 2.05) is 18.2 Å². The summed E-state index contributed by atoms with van der Waals surface area (Å²) in [6.07, 6.45) is 0.779. The quantitative estimate of drug-likeness (QED) is 0.787. The molecule has 7 nitrogen and oxygen atoms in total. The Kier molecular flexibility index (Phi) is 2.93. The Morgan fingerprint density at radius 2 is 2.22 bits per heavy atom. The van der Waals surface area contributed by atoms with Gasteiger partial charge in [-0.25, -0.2) is 0 Å². The Labute approximate surface area is 110 Å². The second kappa shape index (κ2) is 4.73. The van der Waals surface area contributed by atoms with Gasteiger partial charge in [0.15, 0.2) is 10.3 Å². The average Bonchev–Trinajstić information content (AvgIpc) is 2.97. The number of furan rings is 1. The van der Waals surface area contributed by atoms with Crippen molar-refractivity contribution in [2.75, 3.05) is 11.9 Å². The van der Waals surface area contributed by atoms with Crippen molar-refractivity contribution in [2.24, 2.45) is 0 Å². The molecule has 0 unspecified atom stereocenters. The second-order valence-corrected chi connectivity index (χ2v) is 4.41. The molecule has 0 aliphatic rings. The van der Waals surface area contributed by atoms with E-state index in [9.17, 15) is 0 Å². The van der Waals surface area contributed by atoms with Gasteiger partial charge in [0, 0.05) is 13.0 Å². The molecule has 0 amide bonds. The highest BCUT2D eigenvalue weighted by Gasteiger charge is 2.02. The van der Waals surface area contributed by atoms with Gasteiger partial charge in [0.2, 0.25) is 0 Å². The molecule has 0 radical (unpaired) electrons. The summed E-state index contributed by atoms with van der Waals surface area (Å²) in [6, 6.07) is 7.45. The van der Waals surface area contributed by atoms with Gasteiger partial charge in [-0.05, 0) is 50.6 Å². The molecule has 3 aromatic heterocycles. The fraction of sp³-hybridized carbons (Fsp3) is 0.200. The minimum absolute atomic E-state index is 0.621. The third kappa shape index (κ3) is 2.33. The number of hydrogen-bond acceptors (Lipinski definition) is 6. The van der Waals surface area contributed by atoms with Crippen LogP contribution in [0.25, 0.3) is 5.65 Å². The number of tetrazole rings is 1. The third-order valence-electron chi connectivity index (χ3n) is 2.38. The number of rotatable bonds is 4. The minimum atomic E-state index is 0.621. The Morgan fingerprint density at radius 3 is 3.06 bits per heavy atom.